The van der Waals surface area contributed by atoms with Gasteiger partial charge in [-0.15, -0.1) is 0 Å². The second kappa shape index (κ2) is 5.59. The topological polar surface area (TPSA) is 68.3 Å². The molecule has 0 aromatic rings. The fourth-order valence-electron chi connectivity index (χ4n) is 1.15. The van der Waals surface area contributed by atoms with Gasteiger partial charge in [-0.1, -0.05) is 12.5 Å². The Morgan fingerprint density at radius 1 is 0.842 bits per heavy atom. The molecular formula is C6H10F6O4S2Si. The molecule has 0 unspecified atom stereocenters. The zero-order chi connectivity index (χ0) is 15.7. The van der Waals surface area contributed by atoms with Gasteiger partial charge in [-0.25, -0.2) is 16.8 Å². The summed E-state index contributed by atoms with van der Waals surface area (Å²) in [6, 6.07) is 0.178. The highest BCUT2D eigenvalue weighted by Gasteiger charge is 2.62. The van der Waals surface area contributed by atoms with Gasteiger partial charge in [0, 0.05) is 10.2 Å². The minimum Gasteiger partial charge on any atom is -0.218 e. The van der Waals surface area contributed by atoms with Crippen LogP contribution in [0.1, 0.15) is 12.8 Å². The summed E-state index contributed by atoms with van der Waals surface area (Å²) in [5, 5.41) is 0. The molecule has 0 amide bonds. The van der Waals surface area contributed by atoms with Crippen LogP contribution in [-0.2, 0) is 19.7 Å². The van der Waals surface area contributed by atoms with E-state index in [0.717, 1.165) is 0 Å². The number of rotatable bonds is 5. The largest absolute Gasteiger partial charge is 0.498 e. The van der Waals surface area contributed by atoms with Crippen molar-refractivity contribution < 1.29 is 43.2 Å². The minimum atomic E-state index is -6.44. The van der Waals surface area contributed by atoms with Crippen molar-refractivity contribution in [1.82, 2.24) is 0 Å². The average molecular weight is 352 g/mol. The third kappa shape index (κ3) is 3.84. The number of halogens is 6. The van der Waals surface area contributed by atoms with Gasteiger partial charge in [-0.3, -0.25) is 0 Å². The van der Waals surface area contributed by atoms with Gasteiger partial charge in [-0.05, 0) is 6.42 Å². The average Bonchev–Trinajstić information content (AvgIpc) is 2.13. The Labute approximate surface area is 108 Å². The van der Waals surface area contributed by atoms with Crippen LogP contribution in [0.5, 0.6) is 0 Å². The lowest BCUT2D eigenvalue weighted by Gasteiger charge is -2.20. The summed E-state index contributed by atoms with van der Waals surface area (Å²) in [5.41, 5.74) is -12.1. The van der Waals surface area contributed by atoms with Crippen LogP contribution in [0.4, 0.5) is 26.3 Å². The molecule has 0 aliphatic rings. The number of hydrogen-bond donors (Lipinski definition) is 0. The molecule has 13 heteroatoms. The van der Waals surface area contributed by atoms with Crippen molar-refractivity contribution in [3.8, 4) is 0 Å². The molecule has 0 N–H and O–H groups in total. The van der Waals surface area contributed by atoms with Crippen LogP contribution in [0.2, 0.25) is 6.04 Å². The molecule has 0 radical (unpaired) electrons. The van der Waals surface area contributed by atoms with Gasteiger partial charge in [0.15, 0.2) is 4.58 Å². The van der Waals surface area contributed by atoms with Crippen molar-refractivity contribution in [2.75, 3.05) is 0 Å². The monoisotopic (exact) mass is 352 g/mol. The van der Waals surface area contributed by atoms with Crippen molar-refractivity contribution >= 4 is 29.9 Å². The predicted molar refractivity (Wildman–Crippen MR) is 57.7 cm³/mol. The van der Waals surface area contributed by atoms with Gasteiger partial charge in [0.2, 0.25) is 0 Å². The van der Waals surface area contributed by atoms with E-state index < -0.39 is 41.7 Å². The van der Waals surface area contributed by atoms with E-state index in [1.54, 1.807) is 0 Å². The van der Waals surface area contributed by atoms with Crippen LogP contribution >= 0.6 is 0 Å². The summed E-state index contributed by atoms with van der Waals surface area (Å²) in [6.45, 7) is 0. The quantitative estimate of drug-likeness (QED) is 0.541. The smallest absolute Gasteiger partial charge is 0.218 e. The lowest BCUT2D eigenvalue weighted by atomic mass is 10.4. The van der Waals surface area contributed by atoms with E-state index >= 15 is 0 Å². The Hall–Kier alpha value is -0.303. The van der Waals surface area contributed by atoms with E-state index in [1.807, 2.05) is 0 Å². The number of sulfone groups is 2. The van der Waals surface area contributed by atoms with Crippen molar-refractivity contribution in [1.29, 1.82) is 0 Å². The minimum absolute atomic E-state index is 0.178. The first-order valence-corrected chi connectivity index (χ1v) is 9.30. The summed E-state index contributed by atoms with van der Waals surface area (Å²) in [5.74, 6) is 0. The Kier molecular flexibility index (Phi) is 5.51. The molecule has 116 valence electrons. The van der Waals surface area contributed by atoms with Crippen LogP contribution < -0.4 is 0 Å². The fourth-order valence-corrected chi connectivity index (χ4v) is 5.09. The van der Waals surface area contributed by atoms with Crippen molar-refractivity contribution in [2.24, 2.45) is 0 Å². The van der Waals surface area contributed by atoms with Gasteiger partial charge in [-0.2, -0.15) is 26.3 Å². The number of hydrogen-bond acceptors (Lipinski definition) is 4. The first-order chi connectivity index (χ1) is 8.19. The molecule has 0 aliphatic heterocycles. The number of alkyl halides is 6. The fraction of sp³-hybridized carbons (Fsp3) is 1.00. The van der Waals surface area contributed by atoms with Gasteiger partial charge >= 0.3 is 11.0 Å². The van der Waals surface area contributed by atoms with Gasteiger partial charge in [0.1, 0.15) is 0 Å². The third-order valence-corrected chi connectivity index (χ3v) is 7.50. The van der Waals surface area contributed by atoms with Crippen molar-refractivity contribution in [2.45, 2.75) is 34.5 Å². The van der Waals surface area contributed by atoms with E-state index in [0.29, 0.717) is 10.2 Å². The summed E-state index contributed by atoms with van der Waals surface area (Å²) < 4.78 is 114. The molecule has 0 saturated heterocycles. The van der Waals surface area contributed by atoms with Gasteiger partial charge in [0.25, 0.3) is 19.7 Å². The Balaban J connectivity index is 5.90. The molecule has 4 nitrogen and oxygen atoms in total. The molecule has 0 aliphatic carbocycles. The summed E-state index contributed by atoms with van der Waals surface area (Å²) in [4.78, 5) is 0. The molecule has 19 heavy (non-hydrogen) atoms. The molecule has 0 fully saturated rings. The zero-order valence-corrected chi connectivity index (χ0v) is 13.0. The predicted octanol–water partition coefficient (Wildman–Crippen LogP) is 0.746. The maximum atomic E-state index is 12.2. The van der Waals surface area contributed by atoms with Crippen molar-refractivity contribution in [3.05, 3.63) is 0 Å². The van der Waals surface area contributed by atoms with E-state index in [2.05, 4.69) is 0 Å². The van der Waals surface area contributed by atoms with Crippen molar-refractivity contribution in [3.63, 3.8) is 0 Å². The van der Waals surface area contributed by atoms with E-state index in [9.17, 15) is 43.2 Å². The first kappa shape index (κ1) is 18.7. The zero-order valence-electron chi connectivity index (χ0n) is 9.42. The van der Waals surface area contributed by atoms with Crippen LogP contribution in [0.15, 0.2) is 0 Å². The van der Waals surface area contributed by atoms with Gasteiger partial charge in [0.05, 0.1) is 0 Å². The second-order valence-corrected chi connectivity index (χ2v) is 9.10. The molecule has 0 atom stereocenters. The standard InChI is InChI=1S/C6H10F6O4S2Si/c7-5(8,9)17(13,14)4(2-1-3-19)18(15,16)6(10,11)12/h4H,1-3H2,19H3. The maximum Gasteiger partial charge on any atom is 0.498 e. The maximum absolute atomic E-state index is 12.2. The Morgan fingerprint density at radius 2 is 1.16 bits per heavy atom. The molecule has 0 spiro atoms. The van der Waals surface area contributed by atoms with E-state index in [-0.39, 0.29) is 12.5 Å². The summed E-state index contributed by atoms with van der Waals surface area (Å²) in [6.07, 6.45) is -1.57. The first-order valence-electron chi connectivity index (χ1n) is 4.80. The Bertz CT molecular complexity index is 461. The van der Waals surface area contributed by atoms with Crippen LogP contribution in [0.25, 0.3) is 0 Å². The third-order valence-electron chi connectivity index (χ3n) is 2.13. The van der Waals surface area contributed by atoms with E-state index in [4.69, 9.17) is 0 Å². The van der Waals surface area contributed by atoms with Crippen LogP contribution in [0, 0.1) is 0 Å². The normalized spacial score (nSPS) is 15.1. The molecular weight excluding hydrogens is 342 g/mol. The van der Waals surface area contributed by atoms with Crippen LogP contribution in [0.3, 0.4) is 0 Å². The highest BCUT2D eigenvalue weighted by atomic mass is 32.3. The van der Waals surface area contributed by atoms with E-state index in [1.165, 1.54) is 0 Å². The molecule has 0 aromatic heterocycles. The van der Waals surface area contributed by atoms with Gasteiger partial charge < -0.3 is 0 Å². The molecule has 0 bridgehead atoms. The highest BCUT2D eigenvalue weighted by Crippen LogP contribution is 2.38. The van der Waals surface area contributed by atoms with Crippen LogP contribution in [-0.4, -0.2) is 42.7 Å². The summed E-state index contributed by atoms with van der Waals surface area (Å²) >= 11 is 0. The Morgan fingerprint density at radius 3 is 1.37 bits per heavy atom. The highest BCUT2D eigenvalue weighted by molar-refractivity contribution is 8.09. The molecule has 0 heterocycles. The summed E-state index contributed by atoms with van der Waals surface area (Å²) in [7, 11) is -12.5. The lowest BCUT2D eigenvalue weighted by molar-refractivity contribution is -0.0472. The lowest BCUT2D eigenvalue weighted by Crippen LogP contribution is -2.44. The molecule has 0 rings (SSSR count). The second-order valence-electron chi connectivity index (χ2n) is 3.55. The molecule has 0 aromatic carbocycles. The molecule has 0 saturated carbocycles. The SMILES string of the molecule is O=S(=O)(C(CCC[SiH3])S(=O)(=O)C(F)(F)F)C(F)(F)F.